The van der Waals surface area contributed by atoms with Crippen LogP contribution >= 0.6 is 11.6 Å². The Labute approximate surface area is 145 Å². The fourth-order valence-electron chi connectivity index (χ4n) is 3.44. The Morgan fingerprint density at radius 3 is 2.75 bits per heavy atom. The van der Waals surface area contributed by atoms with E-state index < -0.39 is 0 Å². The summed E-state index contributed by atoms with van der Waals surface area (Å²) in [5.74, 6) is 0.706. The number of amides is 1. The number of aryl methyl sites for hydroxylation is 1. The highest BCUT2D eigenvalue weighted by Gasteiger charge is 2.44. The van der Waals surface area contributed by atoms with Crippen molar-refractivity contribution in [3.8, 4) is 5.75 Å². The predicted molar refractivity (Wildman–Crippen MR) is 93.4 cm³/mol. The van der Waals surface area contributed by atoms with E-state index in [-0.39, 0.29) is 17.9 Å². The highest BCUT2D eigenvalue weighted by Crippen LogP contribution is 2.43. The molecule has 1 amide bonds. The molecule has 4 nitrogen and oxygen atoms in total. The summed E-state index contributed by atoms with van der Waals surface area (Å²) in [5.41, 5.74) is 3.78. The monoisotopic (exact) mass is 340 g/mol. The molecule has 122 valence electrons. The van der Waals surface area contributed by atoms with E-state index in [4.69, 9.17) is 16.3 Å². The molecule has 0 aliphatic carbocycles. The van der Waals surface area contributed by atoms with Gasteiger partial charge in [0.2, 0.25) is 5.91 Å². The third kappa shape index (κ3) is 2.29. The molecule has 0 fully saturated rings. The van der Waals surface area contributed by atoms with Gasteiger partial charge in [-0.15, -0.1) is 0 Å². The molecular weight excluding hydrogens is 324 g/mol. The van der Waals surface area contributed by atoms with Crippen LogP contribution in [-0.2, 0) is 4.79 Å². The van der Waals surface area contributed by atoms with E-state index in [2.05, 4.69) is 5.10 Å². The van der Waals surface area contributed by atoms with E-state index >= 15 is 0 Å². The zero-order chi connectivity index (χ0) is 16.8. The van der Waals surface area contributed by atoms with Crippen molar-refractivity contribution in [2.75, 3.05) is 6.61 Å². The second kappa shape index (κ2) is 5.64. The van der Waals surface area contributed by atoms with Crippen molar-refractivity contribution in [1.29, 1.82) is 0 Å². The van der Waals surface area contributed by atoms with Crippen LogP contribution < -0.4 is 4.74 Å². The maximum Gasteiger partial charge on any atom is 0.240 e. The van der Waals surface area contributed by atoms with Gasteiger partial charge in [-0.25, -0.2) is 5.01 Å². The number of rotatable bonds is 1. The Morgan fingerprint density at radius 1 is 1.29 bits per heavy atom. The number of halogens is 1. The highest BCUT2D eigenvalue weighted by atomic mass is 35.5. The summed E-state index contributed by atoms with van der Waals surface area (Å²) >= 11 is 6.30. The topological polar surface area (TPSA) is 41.9 Å². The molecule has 2 aromatic rings. The SMILES string of the molecule is CC(=O)N1N=C2c3cc(Cl)c(C)cc3OCC2C1c1ccccc1. The Kier molecular flexibility index (Phi) is 3.57. The summed E-state index contributed by atoms with van der Waals surface area (Å²) in [5, 5.41) is 6.89. The molecule has 2 heterocycles. The van der Waals surface area contributed by atoms with Gasteiger partial charge in [-0.05, 0) is 30.2 Å². The number of fused-ring (bicyclic) bond motifs is 3. The van der Waals surface area contributed by atoms with Crippen LogP contribution in [0.3, 0.4) is 0 Å². The van der Waals surface area contributed by atoms with Crippen molar-refractivity contribution in [2.45, 2.75) is 19.9 Å². The summed E-state index contributed by atoms with van der Waals surface area (Å²) in [6.45, 7) is 3.99. The van der Waals surface area contributed by atoms with Crippen LogP contribution in [0.25, 0.3) is 0 Å². The summed E-state index contributed by atoms with van der Waals surface area (Å²) < 4.78 is 5.98. The number of hydrogen-bond acceptors (Lipinski definition) is 3. The first-order valence-corrected chi connectivity index (χ1v) is 8.30. The Balaban J connectivity index is 1.83. The summed E-state index contributed by atoms with van der Waals surface area (Å²) in [6, 6.07) is 13.6. The van der Waals surface area contributed by atoms with Crippen molar-refractivity contribution in [2.24, 2.45) is 11.0 Å². The average Bonchev–Trinajstić information content (AvgIpc) is 2.97. The molecule has 0 bridgehead atoms. The summed E-state index contributed by atoms with van der Waals surface area (Å²) in [6.07, 6.45) is 0. The number of hydrogen-bond donors (Lipinski definition) is 0. The first-order chi connectivity index (χ1) is 11.6. The molecule has 2 unspecified atom stereocenters. The molecule has 0 saturated heterocycles. The first-order valence-electron chi connectivity index (χ1n) is 7.93. The number of carbonyl (C=O) groups excluding carboxylic acids is 1. The molecule has 0 saturated carbocycles. The number of nitrogens with zero attached hydrogens (tertiary/aromatic N) is 2. The van der Waals surface area contributed by atoms with E-state index in [1.807, 2.05) is 49.4 Å². The van der Waals surface area contributed by atoms with Gasteiger partial charge in [-0.1, -0.05) is 41.9 Å². The van der Waals surface area contributed by atoms with Gasteiger partial charge in [0.25, 0.3) is 0 Å². The number of benzene rings is 2. The third-order valence-corrected chi connectivity index (χ3v) is 5.04. The van der Waals surface area contributed by atoms with E-state index in [1.54, 1.807) is 11.9 Å². The second-order valence-corrected chi connectivity index (χ2v) is 6.63. The van der Waals surface area contributed by atoms with Crippen molar-refractivity contribution in [3.63, 3.8) is 0 Å². The maximum absolute atomic E-state index is 12.2. The van der Waals surface area contributed by atoms with E-state index in [1.165, 1.54) is 0 Å². The van der Waals surface area contributed by atoms with Crippen LogP contribution in [0.4, 0.5) is 0 Å². The number of hydrazone groups is 1. The predicted octanol–water partition coefficient (Wildman–Crippen LogP) is 3.96. The molecule has 0 radical (unpaired) electrons. The molecule has 4 rings (SSSR count). The standard InChI is InChI=1S/C19H17ClN2O2/c1-11-8-17-14(9-16(11)20)18-15(10-24-17)19(22(21-18)12(2)23)13-6-4-3-5-7-13/h3-9,15,19H,10H2,1-2H3. The van der Waals surface area contributed by atoms with E-state index in [9.17, 15) is 4.79 Å². The largest absolute Gasteiger partial charge is 0.492 e. The molecule has 0 N–H and O–H groups in total. The molecule has 2 aliphatic heterocycles. The number of carbonyl (C=O) groups is 1. The first kappa shape index (κ1) is 15.2. The van der Waals surface area contributed by atoms with Crippen molar-refractivity contribution >= 4 is 23.2 Å². The lowest BCUT2D eigenvalue weighted by Crippen LogP contribution is -2.34. The average molecular weight is 341 g/mol. The van der Waals surface area contributed by atoms with Crippen LogP contribution in [0.1, 0.15) is 29.7 Å². The van der Waals surface area contributed by atoms with Gasteiger partial charge in [0.1, 0.15) is 5.75 Å². The molecule has 0 aromatic heterocycles. The maximum atomic E-state index is 12.2. The van der Waals surface area contributed by atoms with Crippen LogP contribution in [-0.4, -0.2) is 23.2 Å². The van der Waals surface area contributed by atoms with Crippen LogP contribution in [0.2, 0.25) is 5.02 Å². The summed E-state index contributed by atoms with van der Waals surface area (Å²) in [4.78, 5) is 12.2. The van der Waals surface area contributed by atoms with Gasteiger partial charge >= 0.3 is 0 Å². The molecular formula is C19H17ClN2O2. The molecule has 2 aromatic carbocycles. The quantitative estimate of drug-likeness (QED) is 0.788. The lowest BCUT2D eigenvalue weighted by Gasteiger charge is -2.29. The van der Waals surface area contributed by atoms with Gasteiger partial charge in [0.15, 0.2) is 0 Å². The summed E-state index contributed by atoms with van der Waals surface area (Å²) in [7, 11) is 0. The zero-order valence-electron chi connectivity index (χ0n) is 13.5. The van der Waals surface area contributed by atoms with Gasteiger partial charge in [0.05, 0.1) is 24.3 Å². The Bertz CT molecular complexity index is 848. The zero-order valence-corrected chi connectivity index (χ0v) is 14.2. The third-order valence-electron chi connectivity index (χ3n) is 4.63. The van der Waals surface area contributed by atoms with Crippen molar-refractivity contribution < 1.29 is 9.53 Å². The van der Waals surface area contributed by atoms with Crippen LogP contribution in [0.5, 0.6) is 5.75 Å². The fraction of sp³-hybridized carbons (Fsp3) is 0.263. The van der Waals surface area contributed by atoms with Gasteiger partial charge in [0, 0.05) is 17.5 Å². The minimum Gasteiger partial charge on any atom is -0.492 e. The van der Waals surface area contributed by atoms with Gasteiger partial charge in [-0.2, -0.15) is 5.10 Å². The van der Waals surface area contributed by atoms with Crippen LogP contribution in [0, 0.1) is 12.8 Å². The van der Waals surface area contributed by atoms with E-state index in [0.717, 1.165) is 28.2 Å². The minimum atomic E-state index is -0.146. The van der Waals surface area contributed by atoms with Gasteiger partial charge < -0.3 is 4.74 Å². The number of ether oxygens (including phenoxy) is 1. The second-order valence-electron chi connectivity index (χ2n) is 6.22. The fourth-order valence-corrected chi connectivity index (χ4v) is 3.60. The van der Waals surface area contributed by atoms with Crippen molar-refractivity contribution in [3.05, 3.63) is 64.2 Å². The smallest absolute Gasteiger partial charge is 0.240 e. The minimum absolute atomic E-state index is 0.00238. The molecule has 2 atom stereocenters. The molecule has 24 heavy (non-hydrogen) atoms. The molecule has 5 heteroatoms. The van der Waals surface area contributed by atoms with E-state index in [0.29, 0.717) is 11.6 Å². The lowest BCUT2D eigenvalue weighted by atomic mass is 9.85. The van der Waals surface area contributed by atoms with Gasteiger partial charge in [-0.3, -0.25) is 4.79 Å². The Morgan fingerprint density at radius 2 is 2.04 bits per heavy atom. The lowest BCUT2D eigenvalue weighted by molar-refractivity contribution is -0.131. The Hall–Kier alpha value is -2.33. The van der Waals surface area contributed by atoms with Crippen LogP contribution in [0.15, 0.2) is 47.6 Å². The molecule has 2 aliphatic rings. The normalized spacial score (nSPS) is 21.6. The molecule has 0 spiro atoms. The highest BCUT2D eigenvalue weighted by molar-refractivity contribution is 6.32. The van der Waals surface area contributed by atoms with Crippen molar-refractivity contribution in [1.82, 2.24) is 5.01 Å².